The van der Waals surface area contributed by atoms with Crippen LogP contribution in [0.5, 0.6) is 5.75 Å². The molecule has 1 N–H and O–H groups in total. The van der Waals surface area contributed by atoms with Crippen LogP contribution in [0.1, 0.15) is 38.7 Å². The minimum absolute atomic E-state index is 0.0965. The largest absolute Gasteiger partial charge is 0.490 e. The SMILES string of the molecule is CC(C)N(CCCNC(=O)CCC(=O)N1CCOc2ccc(Cl)cc21)Cc1ccccc1. The van der Waals surface area contributed by atoms with Crippen molar-refractivity contribution >= 4 is 29.1 Å². The molecule has 7 heteroatoms. The Kier molecular flexibility index (Phi) is 8.94. The van der Waals surface area contributed by atoms with E-state index in [1.165, 1.54) is 5.56 Å². The highest BCUT2D eigenvalue weighted by Gasteiger charge is 2.24. The van der Waals surface area contributed by atoms with Crippen molar-refractivity contribution in [2.75, 3.05) is 31.1 Å². The summed E-state index contributed by atoms with van der Waals surface area (Å²) in [5, 5.41) is 3.49. The van der Waals surface area contributed by atoms with Crippen molar-refractivity contribution in [3.8, 4) is 5.75 Å². The molecular weight excluding hydrogens is 426 g/mol. The first-order chi connectivity index (χ1) is 15.4. The number of carbonyl (C=O) groups excluding carboxylic acids is 2. The minimum atomic E-state index is -0.0999. The molecule has 2 amide bonds. The van der Waals surface area contributed by atoms with Gasteiger partial charge in [-0.25, -0.2) is 0 Å². The second kappa shape index (κ2) is 11.9. The van der Waals surface area contributed by atoms with Gasteiger partial charge in [0.25, 0.3) is 0 Å². The van der Waals surface area contributed by atoms with Crippen molar-refractivity contribution in [2.45, 2.75) is 45.7 Å². The predicted octanol–water partition coefficient (Wildman–Crippen LogP) is 4.26. The molecular formula is C25H32ClN3O3. The Labute approximate surface area is 195 Å². The molecule has 0 aliphatic carbocycles. The van der Waals surface area contributed by atoms with Gasteiger partial charge in [-0.05, 0) is 44.0 Å². The summed E-state index contributed by atoms with van der Waals surface area (Å²) in [6, 6.07) is 16.1. The van der Waals surface area contributed by atoms with Crippen LogP contribution in [0.2, 0.25) is 5.02 Å². The van der Waals surface area contributed by atoms with Crippen molar-refractivity contribution in [3.63, 3.8) is 0 Å². The van der Waals surface area contributed by atoms with E-state index in [0.717, 1.165) is 19.5 Å². The van der Waals surface area contributed by atoms with Crippen LogP contribution in [-0.2, 0) is 16.1 Å². The lowest BCUT2D eigenvalue weighted by atomic mass is 10.2. The van der Waals surface area contributed by atoms with Crippen LogP contribution in [-0.4, -0.2) is 49.0 Å². The molecule has 32 heavy (non-hydrogen) atoms. The maximum Gasteiger partial charge on any atom is 0.227 e. The number of benzene rings is 2. The molecule has 2 aromatic rings. The number of hydrogen-bond acceptors (Lipinski definition) is 4. The highest BCUT2D eigenvalue weighted by atomic mass is 35.5. The van der Waals surface area contributed by atoms with E-state index in [0.29, 0.717) is 42.2 Å². The van der Waals surface area contributed by atoms with Crippen LogP contribution in [0.3, 0.4) is 0 Å². The number of hydrogen-bond donors (Lipinski definition) is 1. The van der Waals surface area contributed by atoms with Crippen LogP contribution in [0.25, 0.3) is 0 Å². The van der Waals surface area contributed by atoms with E-state index in [2.05, 4.69) is 48.3 Å². The molecule has 0 radical (unpaired) electrons. The Morgan fingerprint density at radius 3 is 2.69 bits per heavy atom. The third-order valence-electron chi connectivity index (χ3n) is 5.55. The van der Waals surface area contributed by atoms with E-state index in [4.69, 9.17) is 16.3 Å². The van der Waals surface area contributed by atoms with Gasteiger partial charge in [-0.15, -0.1) is 0 Å². The zero-order valence-corrected chi connectivity index (χ0v) is 19.6. The van der Waals surface area contributed by atoms with Crippen LogP contribution < -0.4 is 15.0 Å². The first-order valence-electron chi connectivity index (χ1n) is 11.2. The number of ether oxygens (including phenoxy) is 1. The molecule has 0 bridgehead atoms. The van der Waals surface area contributed by atoms with Crippen molar-refractivity contribution < 1.29 is 14.3 Å². The highest BCUT2D eigenvalue weighted by molar-refractivity contribution is 6.31. The monoisotopic (exact) mass is 457 g/mol. The van der Waals surface area contributed by atoms with E-state index < -0.39 is 0 Å². The Bertz CT molecular complexity index is 905. The van der Waals surface area contributed by atoms with Gasteiger partial charge in [0.05, 0.1) is 12.2 Å². The van der Waals surface area contributed by atoms with Gasteiger partial charge in [-0.3, -0.25) is 14.5 Å². The normalized spacial score (nSPS) is 13.1. The molecule has 0 atom stereocenters. The first-order valence-corrected chi connectivity index (χ1v) is 11.6. The smallest absolute Gasteiger partial charge is 0.227 e. The van der Waals surface area contributed by atoms with Gasteiger partial charge >= 0.3 is 0 Å². The van der Waals surface area contributed by atoms with Gasteiger partial charge in [0, 0.05) is 43.5 Å². The maximum atomic E-state index is 12.7. The third-order valence-corrected chi connectivity index (χ3v) is 5.79. The second-order valence-electron chi connectivity index (χ2n) is 8.26. The molecule has 0 spiro atoms. The van der Waals surface area contributed by atoms with E-state index in [1.807, 2.05) is 6.07 Å². The zero-order chi connectivity index (χ0) is 22.9. The van der Waals surface area contributed by atoms with E-state index in [1.54, 1.807) is 23.1 Å². The Hall–Kier alpha value is -2.57. The number of nitrogens with one attached hydrogen (secondary N) is 1. The van der Waals surface area contributed by atoms with Crippen molar-refractivity contribution in [2.24, 2.45) is 0 Å². The van der Waals surface area contributed by atoms with Crippen molar-refractivity contribution in [1.82, 2.24) is 10.2 Å². The molecule has 1 aliphatic rings. The van der Waals surface area contributed by atoms with Crippen molar-refractivity contribution in [3.05, 3.63) is 59.1 Å². The van der Waals surface area contributed by atoms with Crippen LogP contribution in [0.4, 0.5) is 5.69 Å². The number of carbonyl (C=O) groups is 2. The number of rotatable bonds is 10. The van der Waals surface area contributed by atoms with Gasteiger partial charge in [-0.1, -0.05) is 41.9 Å². The fraction of sp³-hybridized carbons (Fsp3) is 0.440. The van der Waals surface area contributed by atoms with Gasteiger partial charge in [0.1, 0.15) is 12.4 Å². The van der Waals surface area contributed by atoms with E-state index >= 15 is 0 Å². The molecule has 2 aromatic carbocycles. The lowest BCUT2D eigenvalue weighted by molar-refractivity contribution is -0.125. The Balaban J connectivity index is 1.39. The fourth-order valence-electron chi connectivity index (χ4n) is 3.74. The first kappa shape index (κ1) is 24.1. The second-order valence-corrected chi connectivity index (χ2v) is 8.70. The number of amides is 2. The summed E-state index contributed by atoms with van der Waals surface area (Å²) in [6.07, 6.45) is 1.19. The Morgan fingerprint density at radius 1 is 1.16 bits per heavy atom. The zero-order valence-electron chi connectivity index (χ0n) is 18.9. The fourth-order valence-corrected chi connectivity index (χ4v) is 3.91. The lowest BCUT2D eigenvalue weighted by Gasteiger charge is -2.29. The maximum absolute atomic E-state index is 12.7. The van der Waals surface area contributed by atoms with Gasteiger partial charge in [-0.2, -0.15) is 0 Å². The van der Waals surface area contributed by atoms with E-state index in [-0.39, 0.29) is 24.7 Å². The molecule has 3 rings (SSSR count). The van der Waals surface area contributed by atoms with Gasteiger partial charge in [0.15, 0.2) is 0 Å². The molecule has 0 fully saturated rings. The minimum Gasteiger partial charge on any atom is -0.490 e. The third kappa shape index (κ3) is 6.97. The summed E-state index contributed by atoms with van der Waals surface area (Å²) in [6.45, 7) is 7.65. The van der Waals surface area contributed by atoms with Gasteiger partial charge < -0.3 is 15.0 Å². The summed E-state index contributed by atoms with van der Waals surface area (Å²) in [7, 11) is 0. The average molecular weight is 458 g/mol. The number of fused-ring (bicyclic) bond motifs is 1. The summed E-state index contributed by atoms with van der Waals surface area (Å²) in [5.41, 5.74) is 1.95. The highest BCUT2D eigenvalue weighted by Crippen LogP contribution is 2.34. The summed E-state index contributed by atoms with van der Waals surface area (Å²) in [4.78, 5) is 29.0. The summed E-state index contributed by atoms with van der Waals surface area (Å²) in [5.74, 6) is 0.446. The summed E-state index contributed by atoms with van der Waals surface area (Å²) >= 11 is 6.07. The molecule has 1 heterocycles. The molecule has 0 saturated heterocycles. The molecule has 1 aliphatic heterocycles. The van der Waals surface area contributed by atoms with Crippen LogP contribution in [0, 0.1) is 0 Å². The standard InChI is InChI=1S/C25H32ClN3O3/c1-19(2)28(18-20-7-4-3-5-8-20)14-6-13-27-24(30)11-12-25(31)29-15-16-32-23-10-9-21(26)17-22(23)29/h3-5,7-10,17,19H,6,11-16,18H2,1-2H3,(H,27,30). The molecule has 6 nitrogen and oxygen atoms in total. The van der Waals surface area contributed by atoms with Crippen LogP contribution >= 0.6 is 11.6 Å². The van der Waals surface area contributed by atoms with E-state index in [9.17, 15) is 9.59 Å². The molecule has 0 aromatic heterocycles. The average Bonchev–Trinajstić information content (AvgIpc) is 2.79. The predicted molar refractivity (Wildman–Crippen MR) is 128 cm³/mol. The Morgan fingerprint density at radius 2 is 1.94 bits per heavy atom. The molecule has 0 unspecified atom stereocenters. The van der Waals surface area contributed by atoms with Crippen molar-refractivity contribution in [1.29, 1.82) is 0 Å². The lowest BCUT2D eigenvalue weighted by Crippen LogP contribution is -2.38. The molecule has 0 saturated carbocycles. The van der Waals surface area contributed by atoms with Gasteiger partial charge in [0.2, 0.25) is 11.8 Å². The summed E-state index contributed by atoms with van der Waals surface area (Å²) < 4.78 is 5.59. The molecule has 172 valence electrons. The number of anilines is 1. The van der Waals surface area contributed by atoms with Crippen LogP contribution in [0.15, 0.2) is 48.5 Å². The topological polar surface area (TPSA) is 61.9 Å². The quantitative estimate of drug-likeness (QED) is 0.541. The number of halogens is 1. The number of nitrogens with zero attached hydrogens (tertiary/aromatic N) is 2.